The van der Waals surface area contributed by atoms with Gasteiger partial charge in [0.05, 0.1) is 5.52 Å². The van der Waals surface area contributed by atoms with Crippen LogP contribution >= 0.6 is 0 Å². The second kappa shape index (κ2) is 4.89. The Morgan fingerprint density at radius 1 is 1.33 bits per heavy atom. The van der Waals surface area contributed by atoms with Gasteiger partial charge in [-0.15, -0.1) is 5.10 Å². The Kier molecular flexibility index (Phi) is 3.29. The minimum Gasteiger partial charge on any atom is -0.317 e. The van der Waals surface area contributed by atoms with E-state index in [1.165, 1.54) is 0 Å². The van der Waals surface area contributed by atoms with Crippen molar-refractivity contribution in [1.82, 2.24) is 20.3 Å². The highest BCUT2D eigenvalue weighted by Crippen LogP contribution is 2.09. The Hall–Kier alpha value is -1.42. The summed E-state index contributed by atoms with van der Waals surface area (Å²) in [7, 11) is 0. The van der Waals surface area contributed by atoms with Gasteiger partial charge in [-0.1, -0.05) is 24.3 Å². The molecule has 4 nitrogen and oxygen atoms in total. The molecule has 0 amide bonds. The molecule has 0 spiro atoms. The van der Waals surface area contributed by atoms with E-state index in [0.29, 0.717) is 0 Å². The van der Waals surface area contributed by atoms with Crippen molar-refractivity contribution in [3.05, 3.63) is 24.3 Å². The highest BCUT2D eigenvalue weighted by Gasteiger charge is 2.01. The van der Waals surface area contributed by atoms with Gasteiger partial charge in [-0.05, 0) is 31.6 Å². The van der Waals surface area contributed by atoms with Crippen molar-refractivity contribution in [2.75, 3.05) is 13.1 Å². The lowest BCUT2D eigenvalue weighted by Crippen LogP contribution is -2.16. The number of hydrogen-bond donors (Lipinski definition) is 1. The van der Waals surface area contributed by atoms with Crippen molar-refractivity contribution in [3.8, 4) is 0 Å². The summed E-state index contributed by atoms with van der Waals surface area (Å²) in [6, 6.07) is 8.05. The van der Waals surface area contributed by atoms with E-state index < -0.39 is 0 Å². The molecule has 1 heterocycles. The van der Waals surface area contributed by atoms with E-state index in [-0.39, 0.29) is 0 Å². The van der Waals surface area contributed by atoms with E-state index >= 15 is 0 Å². The largest absolute Gasteiger partial charge is 0.317 e. The van der Waals surface area contributed by atoms with Crippen molar-refractivity contribution in [2.24, 2.45) is 0 Å². The van der Waals surface area contributed by atoms with E-state index in [2.05, 4.69) is 28.6 Å². The van der Waals surface area contributed by atoms with Gasteiger partial charge in [0.15, 0.2) is 0 Å². The van der Waals surface area contributed by atoms with Gasteiger partial charge in [-0.3, -0.25) is 0 Å². The van der Waals surface area contributed by atoms with Crippen LogP contribution in [0.3, 0.4) is 0 Å². The Balaban J connectivity index is 2.02. The van der Waals surface area contributed by atoms with Gasteiger partial charge >= 0.3 is 0 Å². The maximum absolute atomic E-state index is 4.13. The van der Waals surface area contributed by atoms with Gasteiger partial charge in [0.25, 0.3) is 0 Å². The van der Waals surface area contributed by atoms with Crippen LogP contribution in [-0.2, 0) is 6.54 Å². The zero-order chi connectivity index (χ0) is 10.5. The Morgan fingerprint density at radius 3 is 3.07 bits per heavy atom. The minimum absolute atomic E-state index is 0.924. The molecule has 0 aliphatic rings. The van der Waals surface area contributed by atoms with Crippen LogP contribution in [0.15, 0.2) is 24.3 Å². The summed E-state index contributed by atoms with van der Waals surface area (Å²) in [4.78, 5) is 0. The molecule has 0 saturated carbocycles. The maximum Gasteiger partial charge on any atom is 0.113 e. The van der Waals surface area contributed by atoms with Crippen LogP contribution in [0.25, 0.3) is 11.0 Å². The van der Waals surface area contributed by atoms with Crippen molar-refractivity contribution in [2.45, 2.75) is 19.9 Å². The fraction of sp³-hybridized carbons (Fsp3) is 0.455. The van der Waals surface area contributed by atoms with Crippen molar-refractivity contribution in [1.29, 1.82) is 0 Å². The Labute approximate surface area is 89.3 Å². The average molecular weight is 204 g/mol. The molecule has 0 saturated heterocycles. The highest BCUT2D eigenvalue weighted by molar-refractivity contribution is 5.73. The fourth-order valence-corrected chi connectivity index (χ4v) is 1.61. The third kappa shape index (κ3) is 2.33. The first-order valence-corrected chi connectivity index (χ1v) is 5.41. The summed E-state index contributed by atoms with van der Waals surface area (Å²) in [6.45, 7) is 5.10. The molecule has 1 N–H and O–H groups in total. The van der Waals surface area contributed by atoms with Gasteiger partial charge in [-0.2, -0.15) is 0 Å². The third-order valence-corrected chi connectivity index (χ3v) is 2.39. The zero-order valence-electron chi connectivity index (χ0n) is 8.98. The van der Waals surface area contributed by atoms with Gasteiger partial charge in [0.1, 0.15) is 5.52 Å². The zero-order valence-corrected chi connectivity index (χ0v) is 8.98. The Bertz CT molecular complexity index is 421. The molecular formula is C11H16N4. The van der Waals surface area contributed by atoms with Gasteiger partial charge < -0.3 is 5.32 Å². The lowest BCUT2D eigenvalue weighted by Gasteiger charge is -2.02. The van der Waals surface area contributed by atoms with Crippen LogP contribution in [-0.4, -0.2) is 28.1 Å². The van der Waals surface area contributed by atoms with E-state index in [1.54, 1.807) is 0 Å². The van der Waals surface area contributed by atoms with Crippen LogP contribution < -0.4 is 5.32 Å². The molecule has 0 bridgehead atoms. The quantitative estimate of drug-likeness (QED) is 0.749. The van der Waals surface area contributed by atoms with E-state index in [4.69, 9.17) is 0 Å². The average Bonchev–Trinajstić information content (AvgIpc) is 2.68. The lowest BCUT2D eigenvalue weighted by atomic mass is 10.3. The molecule has 1 aromatic carbocycles. The molecule has 1 aromatic heterocycles. The maximum atomic E-state index is 4.13. The van der Waals surface area contributed by atoms with E-state index in [0.717, 1.165) is 37.1 Å². The monoisotopic (exact) mass is 204 g/mol. The van der Waals surface area contributed by atoms with Crippen LogP contribution in [0.1, 0.15) is 13.3 Å². The van der Waals surface area contributed by atoms with Gasteiger partial charge in [0, 0.05) is 6.54 Å². The number of para-hydroxylation sites is 1. The highest BCUT2D eigenvalue weighted by atomic mass is 15.4. The predicted molar refractivity (Wildman–Crippen MR) is 60.7 cm³/mol. The number of aryl methyl sites for hydroxylation is 1. The number of nitrogens with one attached hydrogen (secondary N) is 1. The van der Waals surface area contributed by atoms with Gasteiger partial charge in [0.2, 0.25) is 0 Å². The van der Waals surface area contributed by atoms with Crippen LogP contribution in [0.4, 0.5) is 0 Å². The number of hydrogen-bond acceptors (Lipinski definition) is 3. The molecule has 2 rings (SSSR count). The van der Waals surface area contributed by atoms with E-state index in [1.807, 2.05) is 22.9 Å². The molecule has 0 unspecified atom stereocenters. The first-order chi connectivity index (χ1) is 7.42. The molecule has 4 heteroatoms. The number of nitrogens with zero attached hydrogens (tertiary/aromatic N) is 3. The van der Waals surface area contributed by atoms with Crippen LogP contribution in [0, 0.1) is 0 Å². The number of fused-ring (bicyclic) bond motifs is 1. The van der Waals surface area contributed by atoms with Crippen LogP contribution in [0.5, 0.6) is 0 Å². The second-order valence-corrected chi connectivity index (χ2v) is 3.51. The van der Waals surface area contributed by atoms with Crippen molar-refractivity contribution in [3.63, 3.8) is 0 Å². The SMILES string of the molecule is CCNCCCn1nnc2ccccc21. The van der Waals surface area contributed by atoms with Crippen LogP contribution in [0.2, 0.25) is 0 Å². The molecule has 0 aliphatic heterocycles. The number of rotatable bonds is 5. The molecule has 0 radical (unpaired) electrons. The third-order valence-electron chi connectivity index (χ3n) is 2.39. The molecule has 0 aliphatic carbocycles. The lowest BCUT2D eigenvalue weighted by molar-refractivity contribution is 0.548. The molecule has 0 fully saturated rings. The smallest absolute Gasteiger partial charge is 0.113 e. The number of aromatic nitrogens is 3. The Morgan fingerprint density at radius 2 is 2.20 bits per heavy atom. The normalized spacial score (nSPS) is 11.0. The molecule has 80 valence electrons. The fourth-order valence-electron chi connectivity index (χ4n) is 1.61. The summed E-state index contributed by atoms with van der Waals surface area (Å²) in [6.07, 6.45) is 1.08. The summed E-state index contributed by atoms with van der Waals surface area (Å²) in [5.41, 5.74) is 2.09. The van der Waals surface area contributed by atoms with Gasteiger partial charge in [-0.25, -0.2) is 4.68 Å². The second-order valence-electron chi connectivity index (χ2n) is 3.51. The summed E-state index contributed by atoms with van der Waals surface area (Å²) < 4.78 is 1.96. The number of benzene rings is 1. The minimum atomic E-state index is 0.924. The molecule has 0 atom stereocenters. The van der Waals surface area contributed by atoms with Crippen molar-refractivity contribution < 1.29 is 0 Å². The predicted octanol–water partition coefficient (Wildman–Crippen LogP) is 1.43. The first-order valence-electron chi connectivity index (χ1n) is 5.41. The van der Waals surface area contributed by atoms with Crippen molar-refractivity contribution >= 4 is 11.0 Å². The molecule has 2 aromatic rings. The topological polar surface area (TPSA) is 42.7 Å². The molecular weight excluding hydrogens is 188 g/mol. The summed E-state index contributed by atoms with van der Waals surface area (Å²) >= 11 is 0. The standard InChI is InChI=1S/C11H16N4/c1-2-12-8-5-9-15-11-7-4-3-6-10(11)13-14-15/h3-4,6-7,12H,2,5,8-9H2,1H3. The van der Waals surface area contributed by atoms with E-state index in [9.17, 15) is 0 Å². The summed E-state index contributed by atoms with van der Waals surface area (Å²) in [5.74, 6) is 0. The first kappa shape index (κ1) is 10.1. The summed E-state index contributed by atoms with van der Waals surface area (Å²) in [5, 5.41) is 11.5. The molecule has 15 heavy (non-hydrogen) atoms.